The summed E-state index contributed by atoms with van der Waals surface area (Å²) in [5.74, 6) is -4.54. The van der Waals surface area contributed by atoms with Gasteiger partial charge >= 0.3 is 23.9 Å². The van der Waals surface area contributed by atoms with Crippen LogP contribution >= 0.6 is 0 Å². The maximum absolute atomic E-state index is 13.9. The first-order valence-electron chi connectivity index (χ1n) is 8.11. The highest BCUT2D eigenvalue weighted by Crippen LogP contribution is 2.34. The van der Waals surface area contributed by atoms with Gasteiger partial charge in [0.05, 0.1) is 12.3 Å². The molecule has 11 heteroatoms. The molecular weight excluding hydrogens is 403 g/mol. The van der Waals surface area contributed by atoms with Gasteiger partial charge in [-0.3, -0.25) is 5.32 Å². The van der Waals surface area contributed by atoms with Gasteiger partial charge in [0.1, 0.15) is 17.4 Å². The van der Waals surface area contributed by atoms with Crippen molar-refractivity contribution in [1.82, 2.24) is 5.32 Å². The Morgan fingerprint density at radius 1 is 1.03 bits per heavy atom. The third kappa shape index (κ3) is 5.12. The second kappa shape index (κ2) is 8.76. The third-order valence-corrected chi connectivity index (χ3v) is 3.45. The van der Waals surface area contributed by atoms with Crippen molar-refractivity contribution in [2.24, 2.45) is 0 Å². The van der Waals surface area contributed by atoms with E-state index in [9.17, 15) is 31.5 Å². The molecule has 0 radical (unpaired) electrons. The van der Waals surface area contributed by atoms with Gasteiger partial charge in [-0.25, -0.2) is 18.4 Å². The first-order valence-corrected chi connectivity index (χ1v) is 8.11. The topological polar surface area (TPSA) is 76.7 Å². The Hall–Kier alpha value is -3.37. The predicted octanol–water partition coefficient (Wildman–Crippen LogP) is 3.99. The number of amides is 2. The summed E-state index contributed by atoms with van der Waals surface area (Å²) in [6, 6.07) is 6.77. The second-order valence-corrected chi connectivity index (χ2v) is 5.52. The van der Waals surface area contributed by atoms with Gasteiger partial charge in [0.15, 0.2) is 0 Å². The van der Waals surface area contributed by atoms with E-state index in [1.807, 2.05) is 0 Å². The number of nitrogens with one attached hydrogen (secondary N) is 2. The van der Waals surface area contributed by atoms with E-state index in [0.29, 0.717) is 6.07 Å². The SMILES string of the molecule is CCOC(=O)[C@@](NC(=O)Nc1ccc(F)cc1F)(Oc1ccccc1)C(F)(F)F. The molecule has 1 atom stereocenters. The molecule has 2 aromatic carbocycles. The van der Waals surface area contributed by atoms with E-state index in [1.54, 1.807) is 5.32 Å². The number of rotatable bonds is 6. The summed E-state index contributed by atoms with van der Waals surface area (Å²) in [7, 11) is 0. The Labute approximate surface area is 161 Å². The van der Waals surface area contributed by atoms with Crippen LogP contribution in [0.1, 0.15) is 6.92 Å². The lowest BCUT2D eigenvalue weighted by atomic mass is 10.2. The minimum absolute atomic E-state index is 0.397. The van der Waals surface area contributed by atoms with E-state index in [2.05, 4.69) is 4.74 Å². The molecule has 0 saturated heterocycles. The molecule has 29 heavy (non-hydrogen) atoms. The summed E-state index contributed by atoms with van der Waals surface area (Å²) in [5, 5.41) is 3.13. The number of halogens is 5. The van der Waals surface area contributed by atoms with E-state index < -0.39 is 53.6 Å². The number of hydrogen-bond donors (Lipinski definition) is 2. The fourth-order valence-corrected chi connectivity index (χ4v) is 2.17. The van der Waals surface area contributed by atoms with Crippen molar-refractivity contribution in [3.8, 4) is 5.75 Å². The Morgan fingerprint density at radius 3 is 2.24 bits per heavy atom. The molecule has 0 heterocycles. The number of urea groups is 1. The number of para-hydroxylation sites is 1. The van der Waals surface area contributed by atoms with E-state index >= 15 is 0 Å². The zero-order valence-corrected chi connectivity index (χ0v) is 14.8. The number of ether oxygens (including phenoxy) is 2. The molecule has 0 unspecified atom stereocenters. The monoisotopic (exact) mass is 418 g/mol. The van der Waals surface area contributed by atoms with Gasteiger partial charge in [-0.05, 0) is 31.2 Å². The molecule has 2 amide bonds. The largest absolute Gasteiger partial charge is 0.461 e. The molecule has 2 N–H and O–H groups in total. The quantitative estimate of drug-likeness (QED) is 0.423. The molecule has 0 aliphatic heterocycles. The lowest BCUT2D eigenvalue weighted by Crippen LogP contribution is -2.69. The lowest BCUT2D eigenvalue weighted by molar-refractivity contribution is -0.259. The minimum atomic E-state index is -5.46. The number of alkyl halides is 3. The third-order valence-electron chi connectivity index (χ3n) is 3.45. The van der Waals surface area contributed by atoms with Crippen molar-refractivity contribution in [1.29, 1.82) is 0 Å². The van der Waals surface area contributed by atoms with Crippen LogP contribution in [0.2, 0.25) is 0 Å². The zero-order valence-electron chi connectivity index (χ0n) is 14.8. The van der Waals surface area contributed by atoms with Crippen molar-refractivity contribution in [3.05, 3.63) is 60.2 Å². The summed E-state index contributed by atoms with van der Waals surface area (Å²) >= 11 is 0. The van der Waals surface area contributed by atoms with E-state index in [4.69, 9.17) is 4.74 Å². The molecule has 0 spiro atoms. The number of esters is 1. The Bertz CT molecular complexity index is 876. The number of anilines is 1. The normalized spacial score (nSPS) is 13.2. The maximum atomic E-state index is 13.9. The van der Waals surface area contributed by atoms with Crippen LogP contribution < -0.4 is 15.4 Å². The van der Waals surface area contributed by atoms with Crippen LogP contribution in [-0.4, -0.2) is 30.5 Å². The molecule has 0 bridgehead atoms. The first-order chi connectivity index (χ1) is 13.6. The summed E-state index contributed by atoms with van der Waals surface area (Å²) in [4.78, 5) is 24.3. The van der Waals surface area contributed by atoms with E-state index in [1.165, 1.54) is 30.4 Å². The number of carbonyl (C=O) groups is 2. The van der Waals surface area contributed by atoms with E-state index in [-0.39, 0.29) is 0 Å². The highest BCUT2D eigenvalue weighted by atomic mass is 19.4. The minimum Gasteiger partial charge on any atom is -0.461 e. The van der Waals surface area contributed by atoms with Crippen LogP contribution in [0.4, 0.5) is 32.4 Å². The molecule has 0 fully saturated rings. The molecule has 2 aromatic rings. The summed E-state index contributed by atoms with van der Waals surface area (Å²) < 4.78 is 77.5. The summed E-state index contributed by atoms with van der Waals surface area (Å²) in [5.41, 5.74) is -4.55. The smallest absolute Gasteiger partial charge is 0.460 e. The molecule has 0 aromatic heterocycles. The van der Waals surface area contributed by atoms with Crippen molar-refractivity contribution < 1.29 is 41.0 Å². The van der Waals surface area contributed by atoms with Crippen molar-refractivity contribution in [2.75, 3.05) is 11.9 Å². The molecule has 0 aliphatic carbocycles. The molecule has 156 valence electrons. The molecule has 2 rings (SSSR count). The van der Waals surface area contributed by atoms with Crippen molar-refractivity contribution in [2.45, 2.75) is 18.8 Å². The molecular formula is C18H15F5N2O4. The fraction of sp³-hybridized carbons (Fsp3) is 0.222. The molecule has 0 saturated carbocycles. The van der Waals surface area contributed by atoms with Crippen molar-refractivity contribution in [3.63, 3.8) is 0 Å². The van der Waals surface area contributed by atoms with Gasteiger partial charge in [-0.15, -0.1) is 0 Å². The molecule has 0 aliphatic rings. The molecule has 6 nitrogen and oxygen atoms in total. The highest BCUT2D eigenvalue weighted by molar-refractivity contribution is 5.94. The highest BCUT2D eigenvalue weighted by Gasteiger charge is 2.66. The van der Waals surface area contributed by atoms with Crippen LogP contribution in [0.25, 0.3) is 0 Å². The standard InChI is InChI=1S/C18H15F5N2O4/c1-2-28-15(26)17(18(21,22)23,29-12-6-4-3-5-7-12)25-16(27)24-14-9-8-11(19)10-13(14)20/h3-10H,2H2,1H3,(H2,24,25,27)/t17-/m1/s1. The fourth-order valence-electron chi connectivity index (χ4n) is 2.17. The number of hydrogen-bond acceptors (Lipinski definition) is 4. The van der Waals surface area contributed by atoms with Gasteiger partial charge in [0.25, 0.3) is 0 Å². The average molecular weight is 418 g/mol. The lowest BCUT2D eigenvalue weighted by Gasteiger charge is -2.33. The van der Waals surface area contributed by atoms with Crippen LogP contribution in [-0.2, 0) is 9.53 Å². The van der Waals surface area contributed by atoms with Gasteiger partial charge in [0.2, 0.25) is 0 Å². The summed E-state index contributed by atoms with van der Waals surface area (Å²) in [6.07, 6.45) is -5.46. The summed E-state index contributed by atoms with van der Waals surface area (Å²) in [6.45, 7) is 0.820. The average Bonchev–Trinajstić information content (AvgIpc) is 2.63. The van der Waals surface area contributed by atoms with E-state index in [0.717, 1.165) is 24.3 Å². The number of benzene rings is 2. The Kier molecular flexibility index (Phi) is 6.62. The zero-order chi connectivity index (χ0) is 21.7. The Morgan fingerprint density at radius 2 is 1.69 bits per heavy atom. The van der Waals surface area contributed by atoms with Gasteiger partial charge < -0.3 is 14.8 Å². The van der Waals surface area contributed by atoms with Crippen LogP contribution in [0.15, 0.2) is 48.5 Å². The van der Waals surface area contributed by atoms with Crippen LogP contribution in [0.5, 0.6) is 5.75 Å². The van der Waals surface area contributed by atoms with Crippen molar-refractivity contribution >= 4 is 17.7 Å². The van der Waals surface area contributed by atoms with Gasteiger partial charge in [0, 0.05) is 6.07 Å². The van der Waals surface area contributed by atoms with Crippen LogP contribution in [0, 0.1) is 11.6 Å². The predicted molar refractivity (Wildman–Crippen MR) is 91.0 cm³/mol. The maximum Gasteiger partial charge on any atom is 0.460 e. The Balaban J connectivity index is 2.39. The number of carbonyl (C=O) groups excluding carboxylic acids is 2. The van der Waals surface area contributed by atoms with Gasteiger partial charge in [-0.1, -0.05) is 18.2 Å². The first kappa shape index (κ1) is 21.9. The van der Waals surface area contributed by atoms with Crippen LogP contribution in [0.3, 0.4) is 0 Å². The van der Waals surface area contributed by atoms with Gasteiger partial charge in [-0.2, -0.15) is 13.2 Å². The second-order valence-electron chi connectivity index (χ2n) is 5.52.